The van der Waals surface area contributed by atoms with E-state index in [2.05, 4.69) is 33.2 Å². The number of hydrogen-bond donors (Lipinski definition) is 1. The lowest BCUT2D eigenvalue weighted by Gasteiger charge is -1.94. The maximum atomic E-state index is 10.6. The normalized spacial score (nSPS) is 9.50. The average molecular weight is 282 g/mol. The summed E-state index contributed by atoms with van der Waals surface area (Å²) in [4.78, 5) is 10.6. The average Bonchev–Trinajstić information content (AvgIpc) is 3.20. The minimum atomic E-state index is 0.651. The maximum absolute atomic E-state index is 10.6. The van der Waals surface area contributed by atoms with Crippen molar-refractivity contribution in [3.8, 4) is 34.0 Å². The number of terminal acetylenes is 1. The molecule has 0 saturated heterocycles. The molecule has 0 atom stereocenters. The molecule has 0 aliphatic carbocycles. The van der Waals surface area contributed by atoms with E-state index in [1.54, 1.807) is 24.5 Å². The third kappa shape index (κ3) is 2.79. The van der Waals surface area contributed by atoms with Crippen LogP contribution in [0.5, 0.6) is 0 Å². The number of aromatic amines is 1. The molecule has 3 aromatic rings. The number of nitrogens with one attached hydrogen (secondary N) is 1. The Balaban J connectivity index is 0.000000704. The Labute approximate surface area is 119 Å². The molecule has 0 aliphatic rings. The van der Waals surface area contributed by atoms with E-state index in [0.29, 0.717) is 5.56 Å². The van der Waals surface area contributed by atoms with Crippen LogP contribution in [0.25, 0.3) is 21.1 Å². The summed E-state index contributed by atoms with van der Waals surface area (Å²) < 4.78 is 0. The van der Waals surface area contributed by atoms with E-state index in [-0.39, 0.29) is 0 Å². The molecule has 0 unspecified atom stereocenters. The van der Waals surface area contributed by atoms with Crippen molar-refractivity contribution >= 4 is 17.6 Å². The van der Waals surface area contributed by atoms with Crippen LogP contribution in [-0.4, -0.2) is 26.7 Å². The Hall–Kier alpha value is -2.78. The number of nitrogens with zero attached hydrogens (tertiary/aromatic N) is 3. The SMILES string of the molecule is C#C.O=Cc1ccc(-c2nnc(-c3cn[nH]c3)s2)cc1. The molecular weight excluding hydrogens is 272 g/mol. The highest BCUT2D eigenvalue weighted by Gasteiger charge is 2.09. The minimum absolute atomic E-state index is 0.651. The van der Waals surface area contributed by atoms with Gasteiger partial charge in [0, 0.05) is 17.3 Å². The number of aldehydes is 1. The molecule has 0 spiro atoms. The summed E-state index contributed by atoms with van der Waals surface area (Å²) in [7, 11) is 0. The summed E-state index contributed by atoms with van der Waals surface area (Å²) in [6.45, 7) is 0. The van der Waals surface area contributed by atoms with Crippen LogP contribution < -0.4 is 0 Å². The second-order valence-electron chi connectivity index (χ2n) is 3.64. The first-order valence-electron chi connectivity index (χ1n) is 5.58. The zero-order valence-electron chi connectivity index (χ0n) is 10.4. The van der Waals surface area contributed by atoms with Gasteiger partial charge in [-0.15, -0.1) is 23.0 Å². The number of benzene rings is 1. The van der Waals surface area contributed by atoms with Crippen LogP contribution in [0.4, 0.5) is 0 Å². The van der Waals surface area contributed by atoms with E-state index in [9.17, 15) is 4.79 Å². The van der Waals surface area contributed by atoms with Crippen LogP contribution >= 0.6 is 11.3 Å². The molecule has 3 rings (SSSR count). The highest BCUT2D eigenvalue weighted by molar-refractivity contribution is 7.17. The van der Waals surface area contributed by atoms with Crippen molar-refractivity contribution in [1.82, 2.24) is 20.4 Å². The van der Waals surface area contributed by atoms with Gasteiger partial charge in [0.05, 0.1) is 11.8 Å². The molecular formula is C14H10N4OS. The largest absolute Gasteiger partial charge is 0.298 e. The van der Waals surface area contributed by atoms with E-state index >= 15 is 0 Å². The predicted octanol–water partition coefficient (Wildman–Crippen LogP) is 2.66. The Morgan fingerprint density at radius 2 is 1.70 bits per heavy atom. The second-order valence-corrected chi connectivity index (χ2v) is 4.62. The van der Waals surface area contributed by atoms with Gasteiger partial charge in [-0.1, -0.05) is 35.6 Å². The van der Waals surface area contributed by atoms with Gasteiger partial charge in [-0.2, -0.15) is 5.10 Å². The third-order valence-corrected chi connectivity index (χ3v) is 3.49. The number of carbonyl (C=O) groups excluding carboxylic acids is 1. The predicted molar refractivity (Wildman–Crippen MR) is 78.2 cm³/mol. The van der Waals surface area contributed by atoms with E-state index in [1.807, 2.05) is 12.1 Å². The fourth-order valence-corrected chi connectivity index (χ4v) is 2.36. The van der Waals surface area contributed by atoms with Gasteiger partial charge in [0.25, 0.3) is 0 Å². The second kappa shape index (κ2) is 6.41. The summed E-state index contributed by atoms with van der Waals surface area (Å²) in [5.74, 6) is 0. The quantitative estimate of drug-likeness (QED) is 0.592. The van der Waals surface area contributed by atoms with Crippen molar-refractivity contribution in [3.05, 3.63) is 42.2 Å². The molecule has 0 aliphatic heterocycles. The van der Waals surface area contributed by atoms with Crippen LogP contribution in [0.2, 0.25) is 0 Å². The van der Waals surface area contributed by atoms with Crippen molar-refractivity contribution in [1.29, 1.82) is 0 Å². The molecule has 0 bridgehead atoms. The van der Waals surface area contributed by atoms with Crippen LogP contribution in [0, 0.1) is 12.8 Å². The first kappa shape index (κ1) is 13.6. The molecule has 0 saturated carbocycles. The van der Waals surface area contributed by atoms with E-state index < -0.39 is 0 Å². The fourth-order valence-electron chi connectivity index (χ4n) is 1.53. The molecule has 2 aromatic heterocycles. The van der Waals surface area contributed by atoms with E-state index in [0.717, 1.165) is 27.4 Å². The number of carbonyl (C=O) groups is 1. The smallest absolute Gasteiger partial charge is 0.151 e. The Morgan fingerprint density at radius 3 is 2.25 bits per heavy atom. The van der Waals surface area contributed by atoms with Gasteiger partial charge in [-0.05, 0) is 0 Å². The molecule has 0 amide bonds. The first-order valence-corrected chi connectivity index (χ1v) is 6.40. The van der Waals surface area contributed by atoms with Crippen LogP contribution in [0.1, 0.15) is 10.4 Å². The van der Waals surface area contributed by atoms with Gasteiger partial charge >= 0.3 is 0 Å². The molecule has 1 aromatic carbocycles. The highest BCUT2D eigenvalue weighted by atomic mass is 32.1. The van der Waals surface area contributed by atoms with Crippen molar-refractivity contribution < 1.29 is 4.79 Å². The molecule has 0 radical (unpaired) electrons. The number of aromatic nitrogens is 4. The van der Waals surface area contributed by atoms with E-state index in [4.69, 9.17) is 0 Å². The van der Waals surface area contributed by atoms with Crippen LogP contribution in [0.15, 0.2) is 36.7 Å². The van der Waals surface area contributed by atoms with Crippen LogP contribution in [-0.2, 0) is 0 Å². The topological polar surface area (TPSA) is 71.5 Å². The van der Waals surface area contributed by atoms with Crippen molar-refractivity contribution in [2.45, 2.75) is 0 Å². The van der Waals surface area contributed by atoms with Gasteiger partial charge in [-0.25, -0.2) is 0 Å². The number of H-pyrrole nitrogens is 1. The lowest BCUT2D eigenvalue weighted by molar-refractivity contribution is 0.112. The molecule has 98 valence electrons. The summed E-state index contributed by atoms with van der Waals surface area (Å²) in [5, 5.41) is 16.5. The standard InChI is InChI=1S/C12H8N4OS.C2H2/c17-7-8-1-3-9(4-2-8)11-15-16-12(18-11)10-5-13-14-6-10;1-2/h1-7H,(H,13,14);1-2H. The van der Waals surface area contributed by atoms with Gasteiger partial charge in [0.15, 0.2) is 5.01 Å². The first-order chi connectivity index (χ1) is 9.86. The molecule has 20 heavy (non-hydrogen) atoms. The van der Waals surface area contributed by atoms with Gasteiger partial charge in [0.1, 0.15) is 11.3 Å². The molecule has 1 N–H and O–H groups in total. The van der Waals surface area contributed by atoms with Gasteiger partial charge in [0.2, 0.25) is 0 Å². The van der Waals surface area contributed by atoms with Crippen molar-refractivity contribution in [2.75, 3.05) is 0 Å². The maximum Gasteiger partial charge on any atom is 0.151 e. The zero-order chi connectivity index (χ0) is 14.4. The van der Waals surface area contributed by atoms with Gasteiger partial charge in [-0.3, -0.25) is 9.89 Å². The summed E-state index contributed by atoms with van der Waals surface area (Å²) in [6.07, 6.45) is 12.3. The van der Waals surface area contributed by atoms with Crippen LogP contribution in [0.3, 0.4) is 0 Å². The summed E-state index contributed by atoms with van der Waals surface area (Å²) >= 11 is 1.49. The molecule has 6 heteroatoms. The molecule has 2 heterocycles. The Morgan fingerprint density at radius 1 is 1.05 bits per heavy atom. The van der Waals surface area contributed by atoms with Crippen molar-refractivity contribution in [2.24, 2.45) is 0 Å². The fraction of sp³-hybridized carbons (Fsp3) is 0. The minimum Gasteiger partial charge on any atom is -0.298 e. The summed E-state index contributed by atoms with van der Waals surface area (Å²) in [5.41, 5.74) is 2.52. The zero-order valence-corrected chi connectivity index (χ0v) is 11.2. The summed E-state index contributed by atoms with van der Waals surface area (Å²) in [6, 6.07) is 7.26. The number of hydrogen-bond acceptors (Lipinski definition) is 5. The monoisotopic (exact) mass is 282 g/mol. The van der Waals surface area contributed by atoms with Gasteiger partial charge < -0.3 is 0 Å². The third-order valence-electron chi connectivity index (χ3n) is 2.46. The Kier molecular flexibility index (Phi) is 4.37. The molecule has 0 fully saturated rings. The van der Waals surface area contributed by atoms with Crippen molar-refractivity contribution in [3.63, 3.8) is 0 Å². The van der Waals surface area contributed by atoms with E-state index in [1.165, 1.54) is 11.3 Å². The molecule has 5 nitrogen and oxygen atoms in total. The lowest BCUT2D eigenvalue weighted by atomic mass is 10.2. The number of rotatable bonds is 3. The highest BCUT2D eigenvalue weighted by Crippen LogP contribution is 2.29. The lowest BCUT2D eigenvalue weighted by Crippen LogP contribution is -1.80. The Bertz CT molecular complexity index is 698.